The number of amides is 3. The summed E-state index contributed by atoms with van der Waals surface area (Å²) in [6.07, 6.45) is 0.781. The molecule has 0 saturated carbocycles. The molecular weight excluding hydrogens is 322 g/mol. The van der Waals surface area contributed by atoms with E-state index in [2.05, 4.69) is 26.0 Å². The van der Waals surface area contributed by atoms with Gasteiger partial charge in [-0.2, -0.15) is 0 Å². The van der Waals surface area contributed by atoms with Gasteiger partial charge >= 0.3 is 6.03 Å². The van der Waals surface area contributed by atoms with E-state index in [4.69, 9.17) is 5.73 Å². The van der Waals surface area contributed by atoms with Crippen LogP contribution in [0.4, 0.5) is 4.79 Å². The van der Waals surface area contributed by atoms with Crippen molar-refractivity contribution in [2.24, 2.45) is 11.7 Å². The molecule has 24 heavy (non-hydrogen) atoms. The number of primary amides is 1. The minimum absolute atomic E-state index is 0.0645. The average molecular weight is 350 g/mol. The summed E-state index contributed by atoms with van der Waals surface area (Å²) < 4.78 is 0. The number of benzene rings is 1. The highest BCUT2D eigenvalue weighted by atomic mass is 32.2. The van der Waals surface area contributed by atoms with Crippen molar-refractivity contribution in [3.05, 3.63) is 35.9 Å². The molecule has 0 bridgehead atoms. The SMILES string of the molecule is CC(C)C(SCc1ccccc1)C(=O)N1CCCN(C(N)=O)CC1. The van der Waals surface area contributed by atoms with Gasteiger partial charge in [-0.1, -0.05) is 44.2 Å². The number of carbonyl (C=O) groups is 2. The van der Waals surface area contributed by atoms with Crippen molar-refractivity contribution in [2.45, 2.75) is 31.3 Å². The molecule has 0 aromatic heterocycles. The van der Waals surface area contributed by atoms with E-state index in [9.17, 15) is 9.59 Å². The van der Waals surface area contributed by atoms with Crippen LogP contribution in [-0.4, -0.2) is 53.2 Å². The van der Waals surface area contributed by atoms with Crippen LogP contribution in [0.1, 0.15) is 25.8 Å². The highest BCUT2D eigenvalue weighted by Crippen LogP contribution is 2.26. The first kappa shape index (κ1) is 18.6. The number of carbonyl (C=O) groups excluding carboxylic acids is 2. The summed E-state index contributed by atoms with van der Waals surface area (Å²) >= 11 is 1.70. The molecule has 0 radical (unpaired) electrons. The lowest BCUT2D eigenvalue weighted by Crippen LogP contribution is -2.43. The summed E-state index contributed by atoms with van der Waals surface area (Å²) in [5.41, 5.74) is 6.59. The van der Waals surface area contributed by atoms with E-state index in [1.165, 1.54) is 5.56 Å². The van der Waals surface area contributed by atoms with E-state index in [-0.39, 0.29) is 17.1 Å². The molecule has 6 heteroatoms. The fourth-order valence-corrected chi connectivity index (χ4v) is 4.09. The molecule has 132 valence electrons. The van der Waals surface area contributed by atoms with E-state index in [0.717, 1.165) is 12.2 Å². The van der Waals surface area contributed by atoms with Crippen molar-refractivity contribution in [2.75, 3.05) is 26.2 Å². The summed E-state index contributed by atoms with van der Waals surface area (Å²) in [5, 5.41) is -0.0645. The minimum atomic E-state index is -0.400. The lowest BCUT2D eigenvalue weighted by Gasteiger charge is -2.28. The van der Waals surface area contributed by atoms with E-state index in [1.807, 2.05) is 23.1 Å². The van der Waals surface area contributed by atoms with Crippen LogP contribution in [0.2, 0.25) is 0 Å². The monoisotopic (exact) mass is 349 g/mol. The number of hydrogen-bond donors (Lipinski definition) is 1. The summed E-state index contributed by atoms with van der Waals surface area (Å²) in [7, 11) is 0. The second-order valence-electron chi connectivity index (χ2n) is 6.47. The maximum absolute atomic E-state index is 13.0. The average Bonchev–Trinajstić information content (AvgIpc) is 2.81. The molecule has 1 fully saturated rings. The highest BCUT2D eigenvalue weighted by molar-refractivity contribution is 7.99. The van der Waals surface area contributed by atoms with E-state index >= 15 is 0 Å². The Bertz CT molecular complexity index is 550. The van der Waals surface area contributed by atoms with Gasteiger partial charge in [-0.25, -0.2) is 4.79 Å². The maximum Gasteiger partial charge on any atom is 0.314 e. The maximum atomic E-state index is 13.0. The van der Waals surface area contributed by atoms with Crippen LogP contribution in [0.3, 0.4) is 0 Å². The molecule has 1 unspecified atom stereocenters. The van der Waals surface area contributed by atoms with Gasteiger partial charge in [-0.05, 0) is 17.9 Å². The third-order valence-electron chi connectivity index (χ3n) is 4.24. The summed E-state index contributed by atoms with van der Waals surface area (Å²) in [6, 6.07) is 9.83. The Hall–Kier alpha value is -1.69. The fraction of sp³-hybridized carbons (Fsp3) is 0.556. The first-order chi connectivity index (χ1) is 11.5. The Morgan fingerprint density at radius 2 is 1.71 bits per heavy atom. The van der Waals surface area contributed by atoms with Gasteiger partial charge < -0.3 is 15.5 Å². The number of rotatable bonds is 5. The molecule has 0 aliphatic carbocycles. The molecule has 3 amide bonds. The molecule has 1 saturated heterocycles. The molecule has 2 N–H and O–H groups in total. The Morgan fingerprint density at radius 1 is 1.08 bits per heavy atom. The number of urea groups is 1. The molecule has 1 aromatic carbocycles. The predicted octanol–water partition coefficient (Wildman–Crippen LogP) is 2.56. The molecular formula is C18H27N3O2S. The number of nitrogens with zero attached hydrogens (tertiary/aromatic N) is 2. The molecule has 1 aliphatic rings. The van der Waals surface area contributed by atoms with Crippen molar-refractivity contribution in [1.29, 1.82) is 0 Å². The molecule has 1 aliphatic heterocycles. The van der Waals surface area contributed by atoms with Crippen LogP contribution in [0.5, 0.6) is 0 Å². The van der Waals surface area contributed by atoms with Gasteiger partial charge in [0.25, 0.3) is 0 Å². The van der Waals surface area contributed by atoms with Crippen LogP contribution >= 0.6 is 11.8 Å². The van der Waals surface area contributed by atoms with Gasteiger partial charge in [-0.15, -0.1) is 11.8 Å². The summed E-state index contributed by atoms with van der Waals surface area (Å²) in [5.74, 6) is 1.27. The first-order valence-electron chi connectivity index (χ1n) is 8.47. The van der Waals surface area contributed by atoms with Crippen LogP contribution in [0.15, 0.2) is 30.3 Å². The van der Waals surface area contributed by atoms with E-state index < -0.39 is 6.03 Å². The zero-order chi connectivity index (χ0) is 17.5. The highest BCUT2D eigenvalue weighted by Gasteiger charge is 2.29. The number of hydrogen-bond acceptors (Lipinski definition) is 3. The van der Waals surface area contributed by atoms with Crippen LogP contribution in [0.25, 0.3) is 0 Å². The van der Waals surface area contributed by atoms with Gasteiger partial charge in [0.1, 0.15) is 0 Å². The topological polar surface area (TPSA) is 66.6 Å². The largest absolute Gasteiger partial charge is 0.351 e. The predicted molar refractivity (Wildman–Crippen MR) is 98.7 cm³/mol. The molecule has 1 aromatic rings. The molecule has 1 atom stereocenters. The lowest BCUT2D eigenvalue weighted by molar-refractivity contribution is -0.131. The summed E-state index contributed by atoms with van der Waals surface area (Å²) in [4.78, 5) is 27.8. The van der Waals surface area contributed by atoms with Crippen molar-refractivity contribution >= 4 is 23.7 Å². The van der Waals surface area contributed by atoms with Gasteiger partial charge in [0, 0.05) is 31.9 Å². The number of nitrogens with two attached hydrogens (primary N) is 1. The van der Waals surface area contributed by atoms with E-state index in [0.29, 0.717) is 26.2 Å². The van der Waals surface area contributed by atoms with Crippen molar-refractivity contribution in [3.8, 4) is 0 Å². The van der Waals surface area contributed by atoms with Gasteiger partial charge in [-0.3, -0.25) is 4.79 Å². The van der Waals surface area contributed by atoms with Gasteiger partial charge in [0.05, 0.1) is 5.25 Å². The number of thioether (sulfide) groups is 1. The molecule has 0 spiro atoms. The first-order valence-corrected chi connectivity index (χ1v) is 9.52. The van der Waals surface area contributed by atoms with Crippen molar-refractivity contribution in [3.63, 3.8) is 0 Å². The van der Waals surface area contributed by atoms with Gasteiger partial charge in [0.2, 0.25) is 5.91 Å². The fourth-order valence-electron chi connectivity index (χ4n) is 2.85. The van der Waals surface area contributed by atoms with Crippen LogP contribution in [-0.2, 0) is 10.5 Å². The molecule has 2 rings (SSSR count). The lowest BCUT2D eigenvalue weighted by atomic mass is 10.1. The van der Waals surface area contributed by atoms with Crippen LogP contribution in [0, 0.1) is 5.92 Å². The van der Waals surface area contributed by atoms with Crippen molar-refractivity contribution < 1.29 is 9.59 Å². The Balaban J connectivity index is 1.96. The Kier molecular flexibility index (Phi) is 6.97. The molecule has 1 heterocycles. The minimum Gasteiger partial charge on any atom is -0.351 e. The van der Waals surface area contributed by atoms with Crippen molar-refractivity contribution in [1.82, 2.24) is 9.80 Å². The molecule has 5 nitrogen and oxygen atoms in total. The third kappa shape index (κ3) is 5.16. The zero-order valence-electron chi connectivity index (χ0n) is 14.5. The van der Waals surface area contributed by atoms with Crippen LogP contribution < -0.4 is 5.73 Å². The smallest absolute Gasteiger partial charge is 0.314 e. The van der Waals surface area contributed by atoms with Gasteiger partial charge in [0.15, 0.2) is 0 Å². The Labute approximate surface area is 148 Å². The second kappa shape index (κ2) is 8.97. The summed E-state index contributed by atoms with van der Waals surface area (Å²) in [6.45, 7) is 6.59. The third-order valence-corrected chi connectivity index (χ3v) is 5.85. The zero-order valence-corrected chi connectivity index (χ0v) is 15.3. The Morgan fingerprint density at radius 3 is 2.33 bits per heavy atom. The standard InChI is InChI=1S/C18H27N3O2S/c1-14(2)16(24-13-15-7-4-3-5-8-15)17(22)20-9-6-10-21(12-11-20)18(19)23/h3-5,7-8,14,16H,6,9-13H2,1-2H3,(H2,19,23). The quantitative estimate of drug-likeness (QED) is 0.888. The van der Waals surface area contributed by atoms with E-state index in [1.54, 1.807) is 16.7 Å². The second-order valence-corrected chi connectivity index (χ2v) is 7.60. The normalized spacial score (nSPS) is 16.8.